The van der Waals surface area contributed by atoms with Crippen LogP contribution in [0.2, 0.25) is 0 Å². The SMILES string of the molecule is O=C(CN1CCC(c2ccccn2)=CC1c1ccccc1)c1ccccc1. The van der Waals surface area contributed by atoms with Gasteiger partial charge in [0.1, 0.15) is 0 Å². The van der Waals surface area contributed by atoms with Crippen LogP contribution in [0.15, 0.2) is 91.1 Å². The van der Waals surface area contributed by atoms with Crippen LogP contribution in [-0.4, -0.2) is 28.8 Å². The standard InChI is InChI=1S/C24H22N2O/c27-24(20-11-5-2-6-12-20)18-26-16-14-21(22-13-7-8-15-25-22)17-23(26)19-9-3-1-4-10-19/h1-13,15,17,23H,14,16,18H2. The first kappa shape index (κ1) is 17.4. The van der Waals surface area contributed by atoms with Crippen LogP contribution in [0.3, 0.4) is 0 Å². The van der Waals surface area contributed by atoms with Gasteiger partial charge in [0.25, 0.3) is 0 Å². The fourth-order valence-corrected chi connectivity index (χ4v) is 3.58. The average molecular weight is 354 g/mol. The third kappa shape index (κ3) is 4.04. The predicted molar refractivity (Wildman–Crippen MR) is 108 cm³/mol. The molecule has 0 spiro atoms. The summed E-state index contributed by atoms with van der Waals surface area (Å²) in [7, 11) is 0. The summed E-state index contributed by atoms with van der Waals surface area (Å²) in [6, 6.07) is 26.0. The van der Waals surface area contributed by atoms with Gasteiger partial charge in [0.15, 0.2) is 5.78 Å². The van der Waals surface area contributed by atoms with Crippen molar-refractivity contribution in [3.8, 4) is 0 Å². The molecule has 0 N–H and O–H groups in total. The van der Waals surface area contributed by atoms with Crippen LogP contribution in [0, 0.1) is 0 Å². The number of Topliss-reactive ketones (excluding diaryl/α,β-unsaturated/α-hetero) is 1. The number of aromatic nitrogens is 1. The summed E-state index contributed by atoms with van der Waals surface area (Å²) in [5, 5.41) is 0. The molecule has 3 nitrogen and oxygen atoms in total. The fraction of sp³-hybridized carbons (Fsp3) is 0.167. The molecule has 1 aliphatic rings. The zero-order chi connectivity index (χ0) is 18.5. The van der Waals surface area contributed by atoms with Crippen LogP contribution in [0.5, 0.6) is 0 Å². The first-order chi connectivity index (χ1) is 13.3. The van der Waals surface area contributed by atoms with Crippen LogP contribution < -0.4 is 0 Å². The highest BCUT2D eigenvalue weighted by Gasteiger charge is 2.26. The van der Waals surface area contributed by atoms with E-state index < -0.39 is 0 Å². The molecule has 1 aromatic heterocycles. The van der Waals surface area contributed by atoms with E-state index in [1.165, 1.54) is 11.1 Å². The second kappa shape index (κ2) is 8.11. The van der Waals surface area contributed by atoms with Crippen molar-refractivity contribution in [3.05, 3.63) is 108 Å². The number of pyridine rings is 1. The van der Waals surface area contributed by atoms with Gasteiger partial charge in [-0.2, -0.15) is 0 Å². The second-order valence-electron chi connectivity index (χ2n) is 6.77. The van der Waals surface area contributed by atoms with E-state index in [1.54, 1.807) is 0 Å². The molecule has 1 atom stereocenters. The lowest BCUT2D eigenvalue weighted by molar-refractivity contribution is 0.0908. The van der Waals surface area contributed by atoms with Gasteiger partial charge in [-0.3, -0.25) is 14.7 Å². The van der Waals surface area contributed by atoms with Gasteiger partial charge >= 0.3 is 0 Å². The quantitative estimate of drug-likeness (QED) is 0.617. The van der Waals surface area contributed by atoms with Crippen molar-refractivity contribution >= 4 is 11.4 Å². The Morgan fingerprint density at radius 2 is 1.63 bits per heavy atom. The van der Waals surface area contributed by atoms with E-state index in [0.29, 0.717) is 6.54 Å². The van der Waals surface area contributed by atoms with Crippen molar-refractivity contribution in [1.29, 1.82) is 0 Å². The molecule has 0 saturated carbocycles. The lowest BCUT2D eigenvalue weighted by Crippen LogP contribution is -2.36. The highest BCUT2D eigenvalue weighted by atomic mass is 16.1. The van der Waals surface area contributed by atoms with Crippen LogP contribution in [0.25, 0.3) is 5.57 Å². The van der Waals surface area contributed by atoms with E-state index in [0.717, 1.165) is 24.2 Å². The first-order valence-electron chi connectivity index (χ1n) is 9.30. The molecule has 0 fully saturated rings. The van der Waals surface area contributed by atoms with E-state index in [2.05, 4.69) is 46.3 Å². The molecule has 0 aliphatic carbocycles. The molecule has 2 aromatic carbocycles. The summed E-state index contributed by atoms with van der Waals surface area (Å²) >= 11 is 0. The van der Waals surface area contributed by atoms with Crippen molar-refractivity contribution in [2.45, 2.75) is 12.5 Å². The number of carbonyl (C=O) groups excluding carboxylic acids is 1. The molecule has 4 rings (SSSR count). The zero-order valence-corrected chi connectivity index (χ0v) is 15.2. The average Bonchev–Trinajstić information content (AvgIpc) is 2.76. The minimum absolute atomic E-state index is 0.0737. The highest BCUT2D eigenvalue weighted by Crippen LogP contribution is 2.32. The minimum Gasteiger partial charge on any atom is -0.293 e. The monoisotopic (exact) mass is 354 g/mol. The maximum atomic E-state index is 12.8. The number of carbonyl (C=O) groups is 1. The Labute approximate surface area is 160 Å². The molecule has 2 heterocycles. The topological polar surface area (TPSA) is 33.2 Å². The molecule has 3 aromatic rings. The second-order valence-corrected chi connectivity index (χ2v) is 6.77. The van der Waals surface area contributed by atoms with Crippen molar-refractivity contribution in [3.63, 3.8) is 0 Å². The summed E-state index contributed by atoms with van der Waals surface area (Å²) in [6.07, 6.45) is 4.99. The summed E-state index contributed by atoms with van der Waals surface area (Å²) in [4.78, 5) is 19.5. The Morgan fingerprint density at radius 3 is 2.33 bits per heavy atom. The molecular weight excluding hydrogens is 332 g/mol. The molecule has 0 saturated heterocycles. The van der Waals surface area contributed by atoms with Crippen LogP contribution in [-0.2, 0) is 0 Å². The van der Waals surface area contributed by atoms with Crippen molar-refractivity contribution < 1.29 is 4.79 Å². The molecule has 134 valence electrons. The number of ketones is 1. The Morgan fingerprint density at radius 1 is 0.926 bits per heavy atom. The molecule has 0 amide bonds. The summed E-state index contributed by atoms with van der Waals surface area (Å²) in [6.45, 7) is 1.25. The summed E-state index contributed by atoms with van der Waals surface area (Å²) in [5.41, 5.74) is 4.23. The smallest absolute Gasteiger partial charge is 0.176 e. The van der Waals surface area contributed by atoms with Crippen LogP contribution >= 0.6 is 0 Å². The summed E-state index contributed by atoms with van der Waals surface area (Å²) in [5.74, 6) is 0.159. The van der Waals surface area contributed by atoms with Crippen molar-refractivity contribution in [1.82, 2.24) is 9.88 Å². The maximum Gasteiger partial charge on any atom is 0.176 e. The number of rotatable bonds is 5. The molecule has 1 unspecified atom stereocenters. The Kier molecular flexibility index (Phi) is 5.22. The van der Waals surface area contributed by atoms with Gasteiger partial charge in [-0.1, -0.05) is 72.8 Å². The van der Waals surface area contributed by atoms with Crippen LogP contribution in [0.4, 0.5) is 0 Å². The third-order valence-electron chi connectivity index (χ3n) is 5.00. The zero-order valence-electron chi connectivity index (χ0n) is 15.2. The number of hydrogen-bond acceptors (Lipinski definition) is 3. The third-order valence-corrected chi connectivity index (χ3v) is 5.00. The number of benzene rings is 2. The molecule has 1 aliphatic heterocycles. The van der Waals surface area contributed by atoms with Gasteiger partial charge < -0.3 is 0 Å². The minimum atomic E-state index is 0.0737. The maximum absolute atomic E-state index is 12.8. The molecule has 27 heavy (non-hydrogen) atoms. The lowest BCUT2D eigenvalue weighted by atomic mass is 9.94. The summed E-state index contributed by atoms with van der Waals surface area (Å²) < 4.78 is 0. The van der Waals surface area contributed by atoms with E-state index >= 15 is 0 Å². The molecule has 0 radical (unpaired) electrons. The van der Waals surface area contributed by atoms with Crippen LogP contribution in [0.1, 0.15) is 34.1 Å². The van der Waals surface area contributed by atoms with E-state index in [4.69, 9.17) is 0 Å². The van der Waals surface area contributed by atoms with Gasteiger partial charge in [0.05, 0.1) is 18.3 Å². The number of hydrogen-bond donors (Lipinski definition) is 0. The number of nitrogens with zero attached hydrogens (tertiary/aromatic N) is 2. The fourth-order valence-electron chi connectivity index (χ4n) is 3.58. The van der Waals surface area contributed by atoms with E-state index in [1.807, 2.05) is 54.7 Å². The molecular formula is C24H22N2O. The first-order valence-corrected chi connectivity index (χ1v) is 9.30. The largest absolute Gasteiger partial charge is 0.293 e. The van der Waals surface area contributed by atoms with Gasteiger partial charge in [-0.05, 0) is 29.7 Å². The Balaban J connectivity index is 1.63. The normalized spacial score (nSPS) is 17.3. The van der Waals surface area contributed by atoms with E-state index in [9.17, 15) is 4.79 Å². The molecule has 0 bridgehead atoms. The molecule has 3 heteroatoms. The lowest BCUT2D eigenvalue weighted by Gasteiger charge is -2.34. The highest BCUT2D eigenvalue weighted by molar-refractivity contribution is 5.97. The van der Waals surface area contributed by atoms with Gasteiger partial charge in [-0.25, -0.2) is 0 Å². The predicted octanol–water partition coefficient (Wildman–Crippen LogP) is 4.79. The van der Waals surface area contributed by atoms with Gasteiger partial charge in [-0.15, -0.1) is 0 Å². The van der Waals surface area contributed by atoms with Gasteiger partial charge in [0.2, 0.25) is 0 Å². The van der Waals surface area contributed by atoms with Crippen molar-refractivity contribution in [2.24, 2.45) is 0 Å². The van der Waals surface area contributed by atoms with E-state index in [-0.39, 0.29) is 11.8 Å². The Hall–Kier alpha value is -3.04. The van der Waals surface area contributed by atoms with Gasteiger partial charge in [0, 0.05) is 18.3 Å². The van der Waals surface area contributed by atoms with Crippen molar-refractivity contribution in [2.75, 3.05) is 13.1 Å². The Bertz CT molecular complexity index is 920.